The number of halogens is 1. The van der Waals surface area contributed by atoms with E-state index in [1.54, 1.807) is 12.3 Å². The first kappa shape index (κ1) is 13.0. The van der Waals surface area contributed by atoms with Gasteiger partial charge < -0.3 is 11.1 Å². The lowest BCUT2D eigenvalue weighted by Gasteiger charge is -2.20. The van der Waals surface area contributed by atoms with Gasteiger partial charge in [-0.2, -0.15) is 0 Å². The Morgan fingerprint density at radius 3 is 2.72 bits per heavy atom. The molecule has 96 valence electrons. The zero-order valence-electron chi connectivity index (χ0n) is 10.9. The van der Waals surface area contributed by atoms with Gasteiger partial charge in [0, 0.05) is 29.5 Å². The van der Waals surface area contributed by atoms with Crippen LogP contribution in [0, 0.1) is 5.41 Å². The molecule has 0 spiro atoms. The van der Waals surface area contributed by atoms with Crippen molar-refractivity contribution in [1.29, 1.82) is 0 Å². The molecule has 0 atom stereocenters. The summed E-state index contributed by atoms with van der Waals surface area (Å²) in [5, 5.41) is 4.98. The molecule has 1 heterocycles. The zero-order chi connectivity index (χ0) is 13.3. The Labute approximate surface area is 112 Å². The van der Waals surface area contributed by atoms with Crippen LogP contribution in [-0.2, 0) is 0 Å². The predicted molar refractivity (Wildman–Crippen MR) is 79.1 cm³/mol. The van der Waals surface area contributed by atoms with Crippen molar-refractivity contribution in [2.45, 2.75) is 20.8 Å². The van der Waals surface area contributed by atoms with Crippen molar-refractivity contribution in [2.24, 2.45) is 5.41 Å². The van der Waals surface area contributed by atoms with E-state index in [2.05, 4.69) is 31.1 Å². The van der Waals surface area contributed by atoms with Crippen LogP contribution in [0.2, 0.25) is 5.02 Å². The number of fused-ring (bicyclic) bond motifs is 1. The van der Waals surface area contributed by atoms with Gasteiger partial charge >= 0.3 is 0 Å². The van der Waals surface area contributed by atoms with E-state index in [1.807, 2.05) is 12.1 Å². The molecule has 0 bridgehead atoms. The second-order valence-corrected chi connectivity index (χ2v) is 6.08. The van der Waals surface area contributed by atoms with Crippen LogP contribution in [-0.4, -0.2) is 11.5 Å². The van der Waals surface area contributed by atoms with Gasteiger partial charge in [-0.3, -0.25) is 4.98 Å². The molecule has 4 heteroatoms. The van der Waals surface area contributed by atoms with Crippen molar-refractivity contribution in [1.82, 2.24) is 4.98 Å². The lowest BCUT2D eigenvalue weighted by atomic mass is 9.97. The van der Waals surface area contributed by atoms with Crippen LogP contribution in [0.15, 0.2) is 24.4 Å². The molecule has 2 rings (SSSR count). The average molecular weight is 264 g/mol. The Hall–Kier alpha value is -1.48. The summed E-state index contributed by atoms with van der Waals surface area (Å²) >= 11 is 6.15. The third-order valence-electron chi connectivity index (χ3n) is 2.63. The van der Waals surface area contributed by atoms with E-state index >= 15 is 0 Å². The first-order chi connectivity index (χ1) is 8.37. The number of nitrogens with one attached hydrogen (secondary N) is 1. The maximum atomic E-state index is 6.15. The minimum Gasteiger partial charge on any atom is -0.399 e. The van der Waals surface area contributed by atoms with Gasteiger partial charge in [-0.25, -0.2) is 0 Å². The quantitative estimate of drug-likeness (QED) is 0.807. The Morgan fingerprint density at radius 2 is 2.06 bits per heavy atom. The largest absolute Gasteiger partial charge is 0.399 e. The van der Waals surface area contributed by atoms with Crippen LogP contribution in [0.5, 0.6) is 0 Å². The second-order valence-electron chi connectivity index (χ2n) is 5.67. The summed E-state index contributed by atoms with van der Waals surface area (Å²) in [5.41, 5.74) is 8.50. The molecule has 0 aliphatic rings. The van der Waals surface area contributed by atoms with Crippen molar-refractivity contribution in [3.8, 4) is 0 Å². The molecule has 0 aliphatic heterocycles. The van der Waals surface area contributed by atoms with Crippen molar-refractivity contribution >= 4 is 33.9 Å². The van der Waals surface area contributed by atoms with Gasteiger partial charge in [0.15, 0.2) is 0 Å². The molecule has 0 aliphatic carbocycles. The fourth-order valence-electron chi connectivity index (χ4n) is 1.75. The maximum absolute atomic E-state index is 6.15. The average Bonchev–Trinajstić information content (AvgIpc) is 2.25. The molecule has 0 unspecified atom stereocenters. The topological polar surface area (TPSA) is 50.9 Å². The van der Waals surface area contributed by atoms with Gasteiger partial charge in [-0.1, -0.05) is 32.4 Å². The van der Waals surface area contributed by atoms with E-state index in [1.165, 1.54) is 0 Å². The summed E-state index contributed by atoms with van der Waals surface area (Å²) in [5.74, 6) is 0. The van der Waals surface area contributed by atoms with Crippen molar-refractivity contribution in [2.75, 3.05) is 17.6 Å². The normalized spacial score (nSPS) is 11.8. The Morgan fingerprint density at radius 1 is 1.33 bits per heavy atom. The molecule has 0 saturated carbocycles. The number of nitrogens with zero attached hydrogens (tertiary/aromatic N) is 1. The summed E-state index contributed by atoms with van der Waals surface area (Å²) in [7, 11) is 0. The third-order valence-corrected chi connectivity index (χ3v) is 2.92. The number of nitrogen functional groups attached to an aromatic ring is 1. The molecular weight excluding hydrogens is 246 g/mol. The summed E-state index contributed by atoms with van der Waals surface area (Å²) in [6, 6.07) is 5.58. The van der Waals surface area contributed by atoms with Crippen LogP contribution in [0.25, 0.3) is 10.9 Å². The van der Waals surface area contributed by atoms with Gasteiger partial charge in [0.25, 0.3) is 0 Å². The lowest BCUT2D eigenvalue weighted by Crippen LogP contribution is -2.19. The molecule has 0 saturated heterocycles. The van der Waals surface area contributed by atoms with E-state index in [9.17, 15) is 0 Å². The van der Waals surface area contributed by atoms with Crippen LogP contribution in [0.3, 0.4) is 0 Å². The third kappa shape index (κ3) is 2.85. The summed E-state index contributed by atoms with van der Waals surface area (Å²) in [6.07, 6.45) is 1.76. The van der Waals surface area contributed by atoms with Gasteiger partial charge in [0.1, 0.15) is 0 Å². The first-order valence-corrected chi connectivity index (χ1v) is 6.32. The Bertz CT molecular complexity index is 573. The van der Waals surface area contributed by atoms with Crippen molar-refractivity contribution in [3.63, 3.8) is 0 Å². The summed E-state index contributed by atoms with van der Waals surface area (Å²) in [6.45, 7) is 7.43. The molecule has 0 radical (unpaired) electrons. The number of anilines is 2. The van der Waals surface area contributed by atoms with Crippen molar-refractivity contribution in [3.05, 3.63) is 29.4 Å². The van der Waals surface area contributed by atoms with Crippen LogP contribution in [0.4, 0.5) is 11.4 Å². The van der Waals surface area contributed by atoms with Gasteiger partial charge in [0.05, 0.1) is 10.5 Å². The summed E-state index contributed by atoms with van der Waals surface area (Å²) in [4.78, 5) is 4.30. The zero-order valence-corrected chi connectivity index (χ0v) is 11.7. The molecule has 3 N–H and O–H groups in total. The van der Waals surface area contributed by atoms with Crippen LogP contribution in [0.1, 0.15) is 20.8 Å². The Balaban J connectivity index is 2.45. The number of hydrogen-bond donors (Lipinski definition) is 2. The maximum Gasteiger partial charge on any atom is 0.0910 e. The van der Waals surface area contributed by atoms with E-state index in [0.29, 0.717) is 10.7 Å². The lowest BCUT2D eigenvalue weighted by molar-refractivity contribution is 0.443. The SMILES string of the molecule is CC(C)(C)CNc1ccnc2c(Cl)cc(N)cc12. The molecule has 3 nitrogen and oxygen atoms in total. The molecular formula is C14H18ClN3. The van der Waals surface area contributed by atoms with E-state index in [-0.39, 0.29) is 5.41 Å². The molecule has 1 aromatic heterocycles. The standard InChI is InChI=1S/C14H18ClN3/c1-14(2,3)8-18-12-4-5-17-13-10(12)6-9(16)7-11(13)15/h4-7H,8,16H2,1-3H3,(H,17,18). The Kier molecular flexibility index (Phi) is 3.35. The van der Waals surface area contributed by atoms with Crippen molar-refractivity contribution < 1.29 is 0 Å². The summed E-state index contributed by atoms with van der Waals surface area (Å²) < 4.78 is 0. The van der Waals surface area contributed by atoms with Crippen LogP contribution < -0.4 is 11.1 Å². The number of hydrogen-bond acceptors (Lipinski definition) is 3. The fourth-order valence-corrected chi connectivity index (χ4v) is 2.02. The predicted octanol–water partition coefficient (Wildman–Crippen LogP) is 3.93. The van der Waals surface area contributed by atoms with Crippen LogP contribution >= 0.6 is 11.6 Å². The smallest absolute Gasteiger partial charge is 0.0910 e. The number of nitrogens with two attached hydrogens (primary N) is 1. The van der Waals surface area contributed by atoms with E-state index in [0.717, 1.165) is 23.1 Å². The number of pyridine rings is 1. The highest BCUT2D eigenvalue weighted by atomic mass is 35.5. The van der Waals surface area contributed by atoms with E-state index in [4.69, 9.17) is 17.3 Å². The highest BCUT2D eigenvalue weighted by molar-refractivity contribution is 6.35. The van der Waals surface area contributed by atoms with Gasteiger partial charge in [-0.15, -0.1) is 0 Å². The number of rotatable bonds is 2. The first-order valence-electron chi connectivity index (χ1n) is 5.94. The molecule has 1 aromatic carbocycles. The number of aromatic nitrogens is 1. The molecule has 18 heavy (non-hydrogen) atoms. The fraction of sp³-hybridized carbons (Fsp3) is 0.357. The minimum atomic E-state index is 0.208. The monoisotopic (exact) mass is 263 g/mol. The second kappa shape index (κ2) is 4.65. The minimum absolute atomic E-state index is 0.208. The van der Waals surface area contributed by atoms with Gasteiger partial charge in [-0.05, 0) is 23.6 Å². The molecule has 0 amide bonds. The molecule has 0 fully saturated rings. The number of benzene rings is 1. The van der Waals surface area contributed by atoms with Gasteiger partial charge in [0.2, 0.25) is 0 Å². The van der Waals surface area contributed by atoms with E-state index < -0.39 is 0 Å². The highest BCUT2D eigenvalue weighted by Crippen LogP contribution is 2.30. The highest BCUT2D eigenvalue weighted by Gasteiger charge is 2.12. The molecule has 2 aromatic rings.